The second-order valence-corrected chi connectivity index (χ2v) is 20.0. The normalized spacial score (nSPS) is 18.9. The summed E-state index contributed by atoms with van der Waals surface area (Å²) >= 11 is 0. The molecule has 14 nitrogen and oxygen atoms in total. The Labute approximate surface area is 379 Å². The number of esters is 1. The molecule has 346 valence electrons. The monoisotopic (exact) mass is 879 g/mol. The number of allylic oxidation sites excluding steroid dienone is 1. The summed E-state index contributed by atoms with van der Waals surface area (Å²) in [7, 11) is 7.84. The summed E-state index contributed by atoms with van der Waals surface area (Å²) in [5, 5.41) is 2.84. The van der Waals surface area contributed by atoms with Crippen molar-refractivity contribution in [3.63, 3.8) is 0 Å². The lowest BCUT2D eigenvalue weighted by Crippen LogP contribution is -2.50. The number of carbonyl (C=O) groups is 4. The summed E-state index contributed by atoms with van der Waals surface area (Å²) in [6.45, 7) is 13.5. The van der Waals surface area contributed by atoms with Gasteiger partial charge in [-0.1, -0.05) is 48.5 Å². The number of aromatic amines is 1. The molecule has 0 unspecified atom stereocenters. The molecule has 3 aromatic rings. The van der Waals surface area contributed by atoms with Gasteiger partial charge in [-0.25, -0.2) is 9.78 Å². The number of hydrogen-bond acceptors (Lipinski definition) is 10. The Hall–Kier alpha value is -5.34. The molecule has 2 saturated heterocycles. The summed E-state index contributed by atoms with van der Waals surface area (Å²) in [6.07, 6.45) is 8.34. The van der Waals surface area contributed by atoms with E-state index >= 15 is 0 Å². The molecule has 0 saturated carbocycles. The van der Waals surface area contributed by atoms with Gasteiger partial charge in [-0.3, -0.25) is 19.4 Å². The number of nitrogens with one attached hydrogen (secondary N) is 2. The van der Waals surface area contributed by atoms with E-state index in [1.165, 1.54) is 0 Å². The average molecular weight is 879 g/mol. The first-order valence-electron chi connectivity index (χ1n) is 22.9. The number of rotatable bonds is 16. The molecule has 4 atom stereocenters. The lowest BCUT2D eigenvalue weighted by molar-refractivity contribution is -0.158. The first kappa shape index (κ1) is 48.1. The number of imidazole rings is 1. The number of benzene rings is 2. The van der Waals surface area contributed by atoms with E-state index in [0.717, 1.165) is 70.7 Å². The van der Waals surface area contributed by atoms with E-state index in [2.05, 4.69) is 58.8 Å². The van der Waals surface area contributed by atoms with E-state index in [1.54, 1.807) is 20.8 Å². The number of carbonyl (C=O) groups excluding carboxylic acids is 4. The van der Waals surface area contributed by atoms with Crippen LogP contribution in [-0.4, -0.2) is 137 Å². The molecular weight excluding hydrogens is 809 g/mol. The van der Waals surface area contributed by atoms with E-state index in [-0.39, 0.29) is 36.3 Å². The molecule has 64 heavy (non-hydrogen) atoms. The van der Waals surface area contributed by atoms with Gasteiger partial charge in [-0.15, -0.1) is 0 Å². The van der Waals surface area contributed by atoms with Crippen LogP contribution in [0.2, 0.25) is 0 Å². The maximum atomic E-state index is 14.0. The fourth-order valence-corrected chi connectivity index (χ4v) is 8.73. The number of amides is 3. The van der Waals surface area contributed by atoms with Crippen LogP contribution < -0.4 is 5.32 Å². The third kappa shape index (κ3) is 12.9. The molecular formula is C50H70N8O6. The van der Waals surface area contributed by atoms with Gasteiger partial charge in [-0.2, -0.15) is 0 Å². The molecule has 0 radical (unpaired) electrons. The van der Waals surface area contributed by atoms with Crippen molar-refractivity contribution in [1.82, 2.24) is 34.9 Å². The molecule has 14 heteroatoms. The Kier molecular flexibility index (Phi) is 15.5. The highest BCUT2D eigenvalue weighted by Crippen LogP contribution is 2.35. The molecule has 2 N–H and O–H groups in total. The quantitative estimate of drug-likeness (QED) is 0.138. The van der Waals surface area contributed by atoms with Gasteiger partial charge in [0, 0.05) is 37.3 Å². The smallest absolute Gasteiger partial charge is 0.408 e. The topological polar surface area (TPSA) is 153 Å². The lowest BCUT2D eigenvalue weighted by atomic mass is 9.95. The van der Waals surface area contributed by atoms with Gasteiger partial charge in [0.1, 0.15) is 23.1 Å². The second kappa shape index (κ2) is 20.7. The van der Waals surface area contributed by atoms with Crippen molar-refractivity contribution in [2.45, 2.75) is 122 Å². The van der Waals surface area contributed by atoms with Crippen LogP contribution in [0.1, 0.15) is 110 Å². The summed E-state index contributed by atoms with van der Waals surface area (Å²) in [5.41, 5.74) is 5.95. The second-order valence-electron chi connectivity index (χ2n) is 20.0. The van der Waals surface area contributed by atoms with Crippen molar-refractivity contribution in [1.29, 1.82) is 0 Å². The molecule has 0 spiro atoms. The third-order valence-electron chi connectivity index (χ3n) is 11.9. The minimum Gasteiger partial charge on any atom is -0.460 e. The van der Waals surface area contributed by atoms with Crippen molar-refractivity contribution in [3.05, 3.63) is 72.3 Å². The largest absolute Gasteiger partial charge is 0.460 e. The van der Waals surface area contributed by atoms with Gasteiger partial charge in [-0.05, 0) is 149 Å². The number of nitrogens with zero attached hydrogens (tertiary/aromatic N) is 6. The van der Waals surface area contributed by atoms with Crippen LogP contribution in [0, 0.1) is 5.92 Å². The average Bonchev–Trinajstić information content (AvgIpc) is 4.06. The Balaban J connectivity index is 1.06. The summed E-state index contributed by atoms with van der Waals surface area (Å²) in [6, 6.07) is 15.9. The number of aliphatic imine (C=N–C) groups is 1. The molecule has 1 aromatic heterocycles. The Morgan fingerprint density at radius 2 is 1.30 bits per heavy atom. The predicted molar refractivity (Wildman–Crippen MR) is 251 cm³/mol. The number of aromatic nitrogens is 2. The molecule has 2 fully saturated rings. The molecule has 2 aromatic carbocycles. The summed E-state index contributed by atoms with van der Waals surface area (Å²) in [4.78, 5) is 74.5. The van der Waals surface area contributed by atoms with Crippen LogP contribution in [0.25, 0.3) is 28.0 Å². The first-order chi connectivity index (χ1) is 30.2. The molecule has 0 bridgehead atoms. The number of alkyl carbamates (subject to hydrolysis) is 1. The highest BCUT2D eigenvalue weighted by Gasteiger charge is 2.39. The lowest BCUT2D eigenvalue weighted by Gasteiger charge is -2.30. The molecule has 6 rings (SSSR count). The van der Waals surface area contributed by atoms with Crippen molar-refractivity contribution < 1.29 is 28.7 Å². The van der Waals surface area contributed by atoms with E-state index in [9.17, 15) is 19.2 Å². The highest BCUT2D eigenvalue weighted by atomic mass is 16.6. The van der Waals surface area contributed by atoms with E-state index in [0.29, 0.717) is 45.4 Å². The SMILES string of the molecule is CN(C)CC[C@H](CC(=O)OC(C)(C)C)C(=O)N1CCC[C@H]1C1=NC=C(c2ccc(-c3ccc(-c4cnc([C@@H]5CCCN5C(=O)[C@H](CCN(C)C)NC(=O)OC(C)(C)C)[nH]4)cc3)cc2)C1. The number of hydrogen-bond donors (Lipinski definition) is 2. The van der Waals surface area contributed by atoms with Crippen LogP contribution in [0.5, 0.6) is 0 Å². The van der Waals surface area contributed by atoms with E-state index in [4.69, 9.17) is 19.5 Å². The van der Waals surface area contributed by atoms with Crippen LogP contribution in [0.4, 0.5) is 4.79 Å². The van der Waals surface area contributed by atoms with Gasteiger partial charge in [0.15, 0.2) is 0 Å². The Morgan fingerprint density at radius 1 is 0.750 bits per heavy atom. The predicted octanol–water partition coefficient (Wildman–Crippen LogP) is 7.73. The zero-order valence-corrected chi connectivity index (χ0v) is 39.7. The van der Waals surface area contributed by atoms with Gasteiger partial charge in [0.2, 0.25) is 11.8 Å². The van der Waals surface area contributed by atoms with Gasteiger partial charge >= 0.3 is 12.1 Å². The maximum absolute atomic E-state index is 14.0. The highest BCUT2D eigenvalue weighted by molar-refractivity contribution is 6.03. The Morgan fingerprint density at radius 3 is 1.89 bits per heavy atom. The van der Waals surface area contributed by atoms with Crippen molar-refractivity contribution in [3.8, 4) is 22.4 Å². The van der Waals surface area contributed by atoms with E-state index < -0.39 is 29.3 Å². The van der Waals surface area contributed by atoms with Crippen LogP contribution in [0.15, 0.2) is 65.9 Å². The van der Waals surface area contributed by atoms with Crippen LogP contribution in [-0.2, 0) is 23.9 Å². The van der Waals surface area contributed by atoms with Crippen LogP contribution >= 0.6 is 0 Å². The number of likely N-dealkylation sites (tertiary alicyclic amines) is 2. The Bertz CT molecular complexity index is 2160. The number of ether oxygens (including phenoxy) is 2. The third-order valence-corrected chi connectivity index (χ3v) is 11.9. The molecule has 4 heterocycles. The van der Waals surface area contributed by atoms with E-state index in [1.807, 2.05) is 81.0 Å². The minimum atomic E-state index is -0.717. The van der Waals surface area contributed by atoms with Crippen LogP contribution in [0.3, 0.4) is 0 Å². The van der Waals surface area contributed by atoms with Gasteiger partial charge in [0.05, 0.1) is 30.4 Å². The van der Waals surface area contributed by atoms with Crippen molar-refractivity contribution in [2.75, 3.05) is 54.4 Å². The zero-order chi connectivity index (χ0) is 46.3. The summed E-state index contributed by atoms with van der Waals surface area (Å²) in [5.74, 6) is -0.177. The van der Waals surface area contributed by atoms with Gasteiger partial charge in [0.25, 0.3) is 0 Å². The van der Waals surface area contributed by atoms with Gasteiger partial charge < -0.3 is 39.4 Å². The number of H-pyrrole nitrogens is 1. The fourth-order valence-electron chi connectivity index (χ4n) is 8.73. The zero-order valence-electron chi connectivity index (χ0n) is 39.7. The molecule has 3 aliphatic heterocycles. The molecule has 0 aliphatic carbocycles. The van der Waals surface area contributed by atoms with Crippen molar-refractivity contribution in [2.24, 2.45) is 10.9 Å². The summed E-state index contributed by atoms with van der Waals surface area (Å²) < 4.78 is 11.1. The minimum absolute atomic E-state index is 0.0116. The standard InChI is InChI=1S/C50H70N8O6/c1-49(2,3)63-44(59)30-37(23-27-55(7)8)46(60)57-25-11-13-42(57)40-29-38(31-51-40)35-17-15-33(16-18-35)34-19-21-36(22-20-34)41-32-52-45(53-41)43-14-12-26-58(43)47(61)39(24-28-56(9)10)54-48(62)64-50(4,5)6/h15-22,31-32,37,39,42-43H,11-14,23-30H2,1-10H3,(H,52,53)(H,54,62)/t37-,39+,42+,43+/m1/s1. The van der Waals surface area contributed by atoms with Crippen molar-refractivity contribution >= 4 is 35.2 Å². The molecule has 3 aliphatic rings. The first-order valence-corrected chi connectivity index (χ1v) is 22.9. The molecule has 3 amide bonds. The fraction of sp³-hybridized carbons (Fsp3) is 0.560. The maximum Gasteiger partial charge on any atom is 0.408 e.